The number of anilines is 1. The second-order valence-corrected chi connectivity index (χ2v) is 5.55. The first-order chi connectivity index (χ1) is 10.9. The minimum Gasteiger partial charge on any atom is -0.476 e. The molecule has 126 valence electrons. The Morgan fingerprint density at radius 3 is 2.91 bits per heavy atom. The van der Waals surface area contributed by atoms with Gasteiger partial charge in [-0.2, -0.15) is 9.97 Å². The zero-order valence-corrected chi connectivity index (χ0v) is 12.8. The van der Waals surface area contributed by atoms with Crippen molar-refractivity contribution in [1.29, 1.82) is 0 Å². The van der Waals surface area contributed by atoms with E-state index >= 15 is 0 Å². The van der Waals surface area contributed by atoms with E-state index in [0.29, 0.717) is 6.61 Å². The van der Waals surface area contributed by atoms with Gasteiger partial charge in [-0.25, -0.2) is 9.37 Å². The van der Waals surface area contributed by atoms with Crippen LogP contribution in [0.25, 0.3) is 11.2 Å². The first-order valence-electron chi connectivity index (χ1n) is 6.85. The molecule has 0 amide bonds. The molecule has 4 N–H and O–H groups in total. The average Bonchev–Trinajstić information content (AvgIpc) is 3.00. The summed E-state index contributed by atoms with van der Waals surface area (Å²) in [6.45, 7) is 1.49. The molecule has 9 nitrogen and oxygen atoms in total. The molecule has 3 rings (SSSR count). The summed E-state index contributed by atoms with van der Waals surface area (Å²) in [7, 11) is 0. The predicted molar refractivity (Wildman–Crippen MR) is 77.6 cm³/mol. The van der Waals surface area contributed by atoms with E-state index in [9.17, 15) is 9.50 Å². The minimum atomic E-state index is -2.67. The highest BCUT2D eigenvalue weighted by Crippen LogP contribution is 2.45. The number of nitrogens with zero attached hydrogens (tertiary/aromatic N) is 4. The third kappa shape index (κ3) is 2.47. The molecular formula is C12H15ClFN5O4. The number of fused-ring (bicyclic) bond motifs is 1. The summed E-state index contributed by atoms with van der Waals surface area (Å²) in [4.78, 5) is 12.0. The van der Waals surface area contributed by atoms with Crippen LogP contribution in [0.4, 0.5) is 10.3 Å². The van der Waals surface area contributed by atoms with Gasteiger partial charge >= 0.3 is 0 Å². The lowest BCUT2D eigenvalue weighted by Gasteiger charge is -2.22. The summed E-state index contributed by atoms with van der Waals surface area (Å²) in [6.07, 6.45) is -3.12. The van der Waals surface area contributed by atoms with Crippen LogP contribution in [-0.4, -0.2) is 60.3 Å². The van der Waals surface area contributed by atoms with Gasteiger partial charge in [0.15, 0.2) is 17.4 Å². The molecular weight excluding hydrogens is 333 g/mol. The third-order valence-corrected chi connectivity index (χ3v) is 3.91. The van der Waals surface area contributed by atoms with Crippen molar-refractivity contribution in [3.05, 3.63) is 6.33 Å². The SMILES string of the molecule is CCOc1nc(N)nc2c1ncn2[C@@H]1O[C@H](CO)[C@@H](O)[C@]1(F)Cl. The van der Waals surface area contributed by atoms with E-state index in [-0.39, 0.29) is 23.0 Å². The van der Waals surface area contributed by atoms with E-state index in [1.165, 1.54) is 10.9 Å². The van der Waals surface area contributed by atoms with E-state index in [2.05, 4.69) is 15.0 Å². The Balaban J connectivity index is 2.10. The molecule has 0 saturated carbocycles. The van der Waals surface area contributed by atoms with Gasteiger partial charge in [-0.15, -0.1) is 0 Å². The number of aliphatic hydroxyl groups is 2. The fraction of sp³-hybridized carbons (Fsp3) is 0.583. The van der Waals surface area contributed by atoms with Crippen LogP contribution in [0.3, 0.4) is 0 Å². The normalized spacial score (nSPS) is 30.9. The molecule has 2 aromatic rings. The minimum absolute atomic E-state index is 0.0982. The molecule has 2 aromatic heterocycles. The quantitative estimate of drug-likeness (QED) is 0.657. The summed E-state index contributed by atoms with van der Waals surface area (Å²) < 4.78 is 26.5. The summed E-state index contributed by atoms with van der Waals surface area (Å²) in [5, 5.41) is 16.3. The first-order valence-corrected chi connectivity index (χ1v) is 7.23. The molecule has 0 bridgehead atoms. The number of hydrogen-bond donors (Lipinski definition) is 3. The first kappa shape index (κ1) is 16.1. The van der Waals surface area contributed by atoms with Crippen LogP contribution in [0.1, 0.15) is 13.2 Å². The van der Waals surface area contributed by atoms with E-state index in [0.717, 1.165) is 0 Å². The largest absolute Gasteiger partial charge is 0.476 e. The van der Waals surface area contributed by atoms with Crippen molar-refractivity contribution in [2.45, 2.75) is 30.5 Å². The molecule has 11 heteroatoms. The van der Waals surface area contributed by atoms with Crippen LogP contribution in [0.15, 0.2) is 6.33 Å². The van der Waals surface area contributed by atoms with Crippen molar-refractivity contribution < 1.29 is 24.1 Å². The number of aromatic nitrogens is 4. The second kappa shape index (κ2) is 5.71. The number of hydrogen-bond acceptors (Lipinski definition) is 8. The average molecular weight is 348 g/mol. The number of nitrogen functional groups attached to an aromatic ring is 1. The van der Waals surface area contributed by atoms with Crippen molar-refractivity contribution in [2.24, 2.45) is 0 Å². The Morgan fingerprint density at radius 2 is 2.30 bits per heavy atom. The number of ether oxygens (including phenoxy) is 2. The summed E-state index contributed by atoms with van der Waals surface area (Å²) >= 11 is 5.78. The fourth-order valence-electron chi connectivity index (χ4n) is 2.43. The standard InChI is InChI=1S/C12H15ClFN5O4/c1-2-22-9-6-8(17-11(15)18-9)19(4-16-6)10-12(13,14)7(21)5(3-20)23-10/h4-5,7,10,20-21H,2-3H2,1H3,(H2,15,17,18)/t5-,7-,10-,12-/m1/s1. The maximum absolute atomic E-state index is 14.7. The van der Waals surface area contributed by atoms with Crippen molar-refractivity contribution >= 4 is 28.7 Å². The smallest absolute Gasteiger partial charge is 0.256 e. The van der Waals surface area contributed by atoms with Crippen LogP contribution < -0.4 is 10.5 Å². The third-order valence-electron chi connectivity index (χ3n) is 3.50. The maximum Gasteiger partial charge on any atom is 0.256 e. The lowest BCUT2D eigenvalue weighted by molar-refractivity contribution is -0.0482. The topological polar surface area (TPSA) is 129 Å². The highest BCUT2D eigenvalue weighted by atomic mass is 35.5. The van der Waals surface area contributed by atoms with Crippen molar-refractivity contribution in [3.8, 4) is 5.88 Å². The van der Waals surface area contributed by atoms with Crippen LogP contribution in [-0.2, 0) is 4.74 Å². The highest BCUT2D eigenvalue weighted by molar-refractivity contribution is 6.23. The zero-order chi connectivity index (χ0) is 16.8. The van der Waals surface area contributed by atoms with Gasteiger partial charge in [-0.05, 0) is 6.92 Å². The Morgan fingerprint density at radius 1 is 1.57 bits per heavy atom. The zero-order valence-electron chi connectivity index (χ0n) is 12.1. The summed E-state index contributed by atoms with van der Waals surface area (Å²) in [6, 6.07) is 0. The molecule has 4 atom stereocenters. The lowest BCUT2D eigenvalue weighted by atomic mass is 10.1. The Hall–Kier alpha value is -1.75. The molecule has 1 aliphatic heterocycles. The molecule has 1 saturated heterocycles. The van der Waals surface area contributed by atoms with Crippen molar-refractivity contribution in [1.82, 2.24) is 19.5 Å². The Kier molecular flexibility index (Phi) is 4.00. The molecule has 0 aliphatic carbocycles. The van der Waals surface area contributed by atoms with Crippen molar-refractivity contribution in [3.63, 3.8) is 0 Å². The maximum atomic E-state index is 14.7. The van der Waals surface area contributed by atoms with Gasteiger partial charge in [0, 0.05) is 0 Å². The lowest BCUT2D eigenvalue weighted by Crippen LogP contribution is -2.38. The van der Waals surface area contributed by atoms with Crippen LogP contribution in [0, 0.1) is 0 Å². The number of aliphatic hydroxyl groups excluding tert-OH is 2. The van der Waals surface area contributed by atoms with Gasteiger partial charge in [-0.3, -0.25) is 4.57 Å². The van der Waals surface area contributed by atoms with E-state index < -0.39 is 30.2 Å². The van der Waals surface area contributed by atoms with Crippen LogP contribution in [0.5, 0.6) is 5.88 Å². The molecule has 1 fully saturated rings. The van der Waals surface area contributed by atoms with Gasteiger partial charge in [0.25, 0.3) is 5.13 Å². The molecule has 23 heavy (non-hydrogen) atoms. The number of rotatable bonds is 4. The fourth-order valence-corrected chi connectivity index (χ4v) is 2.73. The van der Waals surface area contributed by atoms with Crippen molar-refractivity contribution in [2.75, 3.05) is 18.9 Å². The molecule has 0 unspecified atom stereocenters. The number of alkyl halides is 2. The predicted octanol–water partition coefficient (Wildman–Crippen LogP) is -0.0376. The summed E-state index contributed by atoms with van der Waals surface area (Å²) in [5.74, 6) is 0.0454. The van der Waals surface area contributed by atoms with E-state index in [4.69, 9.17) is 31.9 Å². The van der Waals surface area contributed by atoms with Gasteiger partial charge in [-0.1, -0.05) is 11.6 Å². The van der Waals surface area contributed by atoms with E-state index in [1.807, 2.05) is 0 Å². The van der Waals surface area contributed by atoms with Gasteiger partial charge < -0.3 is 25.4 Å². The molecule has 0 spiro atoms. The summed E-state index contributed by atoms with van der Waals surface area (Å²) in [5.41, 5.74) is 6.02. The Bertz CT molecular complexity index is 727. The number of imidazole rings is 1. The molecule has 3 heterocycles. The number of halogens is 2. The molecule has 0 aromatic carbocycles. The van der Waals surface area contributed by atoms with Gasteiger partial charge in [0.05, 0.1) is 19.5 Å². The van der Waals surface area contributed by atoms with Gasteiger partial charge in [0.2, 0.25) is 11.8 Å². The Labute approximate surface area is 134 Å². The monoisotopic (exact) mass is 347 g/mol. The molecule has 0 radical (unpaired) electrons. The number of nitrogens with two attached hydrogens (primary N) is 1. The van der Waals surface area contributed by atoms with E-state index in [1.54, 1.807) is 6.92 Å². The molecule has 1 aliphatic rings. The second-order valence-electron chi connectivity index (χ2n) is 4.97. The van der Waals surface area contributed by atoms with Crippen LogP contribution >= 0.6 is 11.6 Å². The highest BCUT2D eigenvalue weighted by Gasteiger charge is 2.57. The van der Waals surface area contributed by atoms with Gasteiger partial charge in [0.1, 0.15) is 12.2 Å². The van der Waals surface area contributed by atoms with Crippen LogP contribution in [0.2, 0.25) is 0 Å².